The summed E-state index contributed by atoms with van der Waals surface area (Å²) in [7, 11) is 0. The number of hydrogen-bond donors (Lipinski definition) is 3. The Morgan fingerprint density at radius 3 is 2.80 bits per heavy atom. The molecule has 1 aliphatic heterocycles. The second kappa shape index (κ2) is 3.25. The molecule has 2 rings (SSSR count). The van der Waals surface area contributed by atoms with Crippen LogP contribution in [0.25, 0.3) is 0 Å². The summed E-state index contributed by atoms with van der Waals surface area (Å²) in [5.74, 6) is -1.03. The molecule has 0 bridgehead atoms. The Kier molecular flexibility index (Phi) is 2.05. The molecule has 2 amide bonds. The minimum Gasteiger partial charge on any atom is -0.478 e. The molecule has 0 unspecified atom stereocenters. The van der Waals surface area contributed by atoms with E-state index in [1.54, 1.807) is 6.07 Å². The molecule has 0 saturated carbocycles. The highest BCUT2D eigenvalue weighted by molar-refractivity contribution is 5.95. The van der Waals surface area contributed by atoms with Gasteiger partial charge in [-0.1, -0.05) is 6.07 Å². The third-order valence-corrected chi connectivity index (χ3v) is 2.22. The number of carbonyl (C=O) groups is 2. The Balaban J connectivity index is 2.46. The van der Waals surface area contributed by atoms with Gasteiger partial charge in [0.25, 0.3) is 0 Å². The van der Waals surface area contributed by atoms with E-state index in [4.69, 9.17) is 10.8 Å². The van der Waals surface area contributed by atoms with Gasteiger partial charge in [-0.2, -0.15) is 0 Å². The van der Waals surface area contributed by atoms with Crippen molar-refractivity contribution in [3.8, 4) is 0 Å². The number of hydrogen-bond acceptors (Lipinski definition) is 3. The van der Waals surface area contributed by atoms with E-state index in [0.29, 0.717) is 12.2 Å². The smallest absolute Gasteiger partial charge is 0.335 e. The van der Waals surface area contributed by atoms with Crippen LogP contribution in [-0.4, -0.2) is 17.1 Å². The van der Waals surface area contributed by atoms with Crippen LogP contribution in [0.2, 0.25) is 0 Å². The van der Waals surface area contributed by atoms with Crippen molar-refractivity contribution in [2.24, 2.45) is 5.73 Å². The van der Waals surface area contributed by atoms with Gasteiger partial charge in [-0.05, 0) is 17.7 Å². The number of primary amides is 1. The first kappa shape index (κ1) is 9.47. The van der Waals surface area contributed by atoms with Crippen LogP contribution in [0.15, 0.2) is 18.2 Å². The van der Waals surface area contributed by atoms with Crippen LogP contribution in [-0.2, 0) is 6.54 Å². The van der Waals surface area contributed by atoms with Crippen LogP contribution in [0.3, 0.4) is 0 Å². The van der Waals surface area contributed by atoms with Crippen molar-refractivity contribution in [2.75, 3.05) is 5.01 Å². The minimum absolute atomic E-state index is 0.128. The zero-order valence-corrected chi connectivity index (χ0v) is 7.73. The maximum atomic E-state index is 11.0. The largest absolute Gasteiger partial charge is 0.478 e. The van der Waals surface area contributed by atoms with E-state index in [-0.39, 0.29) is 5.56 Å². The maximum absolute atomic E-state index is 11.0. The number of rotatable bonds is 1. The van der Waals surface area contributed by atoms with E-state index in [9.17, 15) is 9.59 Å². The Hall–Kier alpha value is -2.08. The number of carboxylic acids is 1. The Labute approximate surface area is 85.3 Å². The van der Waals surface area contributed by atoms with Gasteiger partial charge >= 0.3 is 12.0 Å². The average Bonchev–Trinajstić information content (AvgIpc) is 2.59. The van der Waals surface area contributed by atoms with Gasteiger partial charge < -0.3 is 10.8 Å². The fourth-order valence-corrected chi connectivity index (χ4v) is 1.50. The zero-order valence-electron chi connectivity index (χ0n) is 7.73. The minimum atomic E-state index is -1.03. The number of fused-ring (bicyclic) bond motifs is 1. The summed E-state index contributed by atoms with van der Waals surface area (Å²) < 4.78 is 0. The lowest BCUT2D eigenvalue weighted by Crippen LogP contribution is -2.41. The molecule has 0 spiro atoms. The third-order valence-electron chi connectivity index (χ3n) is 2.22. The molecule has 0 radical (unpaired) electrons. The number of carbonyl (C=O) groups excluding carboxylic acids is 1. The summed E-state index contributed by atoms with van der Waals surface area (Å²) in [6.45, 7) is 0.470. The lowest BCUT2D eigenvalue weighted by atomic mass is 10.1. The molecule has 0 aromatic heterocycles. The molecular weight excluding hydrogens is 198 g/mol. The summed E-state index contributed by atoms with van der Waals surface area (Å²) >= 11 is 0. The highest BCUT2D eigenvalue weighted by Gasteiger charge is 2.23. The number of anilines is 1. The predicted octanol–water partition coefficient (Wildman–Crippen LogP) is 0.288. The molecule has 1 aliphatic rings. The Bertz CT molecular complexity index is 444. The van der Waals surface area contributed by atoms with Gasteiger partial charge in [-0.3, -0.25) is 0 Å². The zero-order chi connectivity index (χ0) is 11.0. The van der Waals surface area contributed by atoms with Crippen LogP contribution in [0, 0.1) is 0 Å². The number of nitrogens with one attached hydrogen (secondary N) is 1. The Morgan fingerprint density at radius 2 is 2.20 bits per heavy atom. The molecule has 1 heterocycles. The van der Waals surface area contributed by atoms with E-state index < -0.39 is 12.0 Å². The molecule has 78 valence electrons. The third kappa shape index (κ3) is 1.50. The topological polar surface area (TPSA) is 95.7 Å². The molecule has 6 heteroatoms. The number of amides is 2. The van der Waals surface area contributed by atoms with Crippen molar-refractivity contribution in [1.29, 1.82) is 0 Å². The Morgan fingerprint density at radius 1 is 1.47 bits per heavy atom. The lowest BCUT2D eigenvalue weighted by Gasteiger charge is -2.13. The molecule has 4 N–H and O–H groups in total. The van der Waals surface area contributed by atoms with Gasteiger partial charge in [-0.25, -0.2) is 20.0 Å². The van der Waals surface area contributed by atoms with Crippen LogP contribution in [0.5, 0.6) is 0 Å². The van der Waals surface area contributed by atoms with Crippen molar-refractivity contribution in [3.05, 3.63) is 29.3 Å². The van der Waals surface area contributed by atoms with Crippen molar-refractivity contribution < 1.29 is 14.7 Å². The molecular formula is C9H9N3O3. The molecule has 6 nitrogen and oxygen atoms in total. The van der Waals surface area contributed by atoms with E-state index in [0.717, 1.165) is 10.6 Å². The second-order valence-electron chi connectivity index (χ2n) is 3.16. The first-order valence-corrected chi connectivity index (χ1v) is 4.29. The SMILES string of the molecule is NC(=O)N1NCc2ccc(C(=O)O)cc21. The van der Waals surface area contributed by atoms with Crippen LogP contribution < -0.4 is 16.2 Å². The number of aromatic carboxylic acids is 1. The number of urea groups is 1. The molecule has 1 aromatic rings. The summed E-state index contributed by atoms with van der Waals surface area (Å²) in [4.78, 5) is 21.7. The molecule has 0 aliphatic carbocycles. The molecule has 0 saturated heterocycles. The summed E-state index contributed by atoms with van der Waals surface area (Å²) in [5.41, 5.74) is 9.35. The molecule has 15 heavy (non-hydrogen) atoms. The molecule has 0 fully saturated rings. The van der Waals surface area contributed by atoms with Gasteiger partial charge in [0.1, 0.15) is 0 Å². The number of nitrogens with two attached hydrogens (primary N) is 1. The lowest BCUT2D eigenvalue weighted by molar-refractivity contribution is 0.0697. The van der Waals surface area contributed by atoms with Crippen LogP contribution >= 0.6 is 0 Å². The van der Waals surface area contributed by atoms with Crippen LogP contribution in [0.4, 0.5) is 10.5 Å². The van der Waals surface area contributed by atoms with E-state index in [2.05, 4.69) is 5.43 Å². The standard InChI is InChI=1S/C9H9N3O3/c10-9(15)12-7-3-5(8(13)14)1-2-6(7)4-11-12/h1-3,11H,4H2,(H2,10,15)(H,13,14). The summed E-state index contributed by atoms with van der Waals surface area (Å²) in [5, 5.41) is 9.93. The molecule has 0 atom stereocenters. The quantitative estimate of drug-likeness (QED) is 0.616. The highest BCUT2D eigenvalue weighted by Crippen LogP contribution is 2.25. The summed E-state index contributed by atoms with van der Waals surface area (Å²) in [6, 6.07) is 3.92. The summed E-state index contributed by atoms with van der Waals surface area (Å²) in [6.07, 6.45) is 0. The normalized spacial score (nSPS) is 13.7. The van der Waals surface area contributed by atoms with Crippen molar-refractivity contribution in [2.45, 2.75) is 6.54 Å². The number of nitrogens with zero attached hydrogens (tertiary/aromatic N) is 1. The first-order valence-electron chi connectivity index (χ1n) is 4.29. The van der Waals surface area contributed by atoms with E-state index in [1.165, 1.54) is 12.1 Å². The van der Waals surface area contributed by atoms with Crippen molar-refractivity contribution in [1.82, 2.24) is 5.43 Å². The van der Waals surface area contributed by atoms with E-state index in [1.807, 2.05) is 0 Å². The number of carboxylic acid groups (broad SMARTS) is 1. The maximum Gasteiger partial charge on any atom is 0.335 e. The second-order valence-corrected chi connectivity index (χ2v) is 3.16. The van der Waals surface area contributed by atoms with Gasteiger partial charge in [-0.15, -0.1) is 0 Å². The number of benzene rings is 1. The van der Waals surface area contributed by atoms with Crippen molar-refractivity contribution in [3.63, 3.8) is 0 Å². The van der Waals surface area contributed by atoms with E-state index >= 15 is 0 Å². The fraction of sp³-hybridized carbons (Fsp3) is 0.111. The predicted molar refractivity (Wildman–Crippen MR) is 52.3 cm³/mol. The van der Waals surface area contributed by atoms with Gasteiger partial charge in [0.2, 0.25) is 0 Å². The average molecular weight is 207 g/mol. The highest BCUT2D eigenvalue weighted by atomic mass is 16.4. The first-order chi connectivity index (χ1) is 7.09. The van der Waals surface area contributed by atoms with Crippen LogP contribution in [0.1, 0.15) is 15.9 Å². The van der Waals surface area contributed by atoms with Gasteiger partial charge in [0.15, 0.2) is 0 Å². The van der Waals surface area contributed by atoms with Gasteiger partial charge in [0.05, 0.1) is 11.3 Å². The monoisotopic (exact) mass is 207 g/mol. The van der Waals surface area contributed by atoms with Crippen molar-refractivity contribution >= 4 is 17.7 Å². The van der Waals surface area contributed by atoms with Gasteiger partial charge in [0, 0.05) is 6.54 Å². The molecule has 1 aromatic carbocycles. The number of hydrazine groups is 1. The fourth-order valence-electron chi connectivity index (χ4n) is 1.50.